The van der Waals surface area contributed by atoms with Crippen molar-refractivity contribution in [3.05, 3.63) is 101 Å². The predicted octanol–water partition coefficient (Wildman–Crippen LogP) is 7.07. The van der Waals surface area contributed by atoms with Gasteiger partial charge in [-0.25, -0.2) is 0 Å². The van der Waals surface area contributed by atoms with E-state index in [1.807, 2.05) is 47.4 Å². The van der Waals surface area contributed by atoms with Gasteiger partial charge in [-0.05, 0) is 78.4 Å². The summed E-state index contributed by atoms with van der Waals surface area (Å²) < 4.78 is 5.83. The van der Waals surface area contributed by atoms with E-state index in [-0.39, 0.29) is 11.9 Å². The van der Waals surface area contributed by atoms with Crippen LogP contribution in [0.25, 0.3) is 0 Å². The van der Waals surface area contributed by atoms with Crippen molar-refractivity contribution in [1.82, 2.24) is 0 Å². The molecule has 0 saturated carbocycles. The summed E-state index contributed by atoms with van der Waals surface area (Å²) >= 11 is 0. The van der Waals surface area contributed by atoms with Crippen LogP contribution in [0.2, 0.25) is 0 Å². The number of anilines is 2. The normalized spacial score (nSPS) is 15.4. The van der Waals surface area contributed by atoms with Crippen LogP contribution < -0.4 is 15.0 Å². The molecule has 1 amide bonds. The van der Waals surface area contributed by atoms with E-state index in [4.69, 9.17) is 4.74 Å². The van der Waals surface area contributed by atoms with Crippen molar-refractivity contribution >= 4 is 17.3 Å². The molecular formula is C30H34N2O2. The molecule has 0 saturated heterocycles. The molecule has 176 valence electrons. The lowest BCUT2D eigenvalue weighted by atomic mass is 10.1. The molecule has 0 bridgehead atoms. The minimum Gasteiger partial charge on any atom is -0.494 e. The van der Waals surface area contributed by atoms with Crippen LogP contribution in [0.4, 0.5) is 11.4 Å². The fourth-order valence-corrected chi connectivity index (χ4v) is 4.15. The van der Waals surface area contributed by atoms with Crippen molar-refractivity contribution in [2.75, 3.05) is 16.8 Å². The molecule has 4 heteroatoms. The minimum absolute atomic E-state index is 0.0305. The van der Waals surface area contributed by atoms with Crippen LogP contribution in [-0.2, 0) is 17.6 Å². The van der Waals surface area contributed by atoms with Crippen LogP contribution in [0.3, 0.4) is 0 Å². The molecule has 1 aliphatic heterocycles. The first kappa shape index (κ1) is 23.6. The molecule has 3 aromatic carbocycles. The molecule has 0 unspecified atom stereocenters. The third-order valence-corrected chi connectivity index (χ3v) is 6.30. The van der Waals surface area contributed by atoms with Gasteiger partial charge in [0.2, 0.25) is 0 Å². The first-order valence-corrected chi connectivity index (χ1v) is 12.4. The van der Waals surface area contributed by atoms with Crippen molar-refractivity contribution in [2.45, 2.75) is 52.5 Å². The zero-order chi connectivity index (χ0) is 23.9. The second-order valence-corrected chi connectivity index (χ2v) is 8.67. The number of hydrogen-bond donors (Lipinski definition) is 1. The minimum atomic E-state index is -0.193. The molecule has 1 atom stereocenters. The Morgan fingerprint density at radius 2 is 1.44 bits per heavy atom. The molecule has 0 fully saturated rings. The number of unbranched alkanes of at least 4 members (excludes halogenated alkanes) is 1. The maximum atomic E-state index is 13.6. The first-order chi connectivity index (χ1) is 16.6. The fraction of sp³-hybridized carbons (Fsp3) is 0.300. The van der Waals surface area contributed by atoms with E-state index in [0.717, 1.165) is 55.0 Å². The van der Waals surface area contributed by atoms with Gasteiger partial charge < -0.3 is 10.1 Å². The van der Waals surface area contributed by atoms with Crippen LogP contribution >= 0.6 is 0 Å². The highest BCUT2D eigenvalue weighted by Gasteiger charge is 2.34. The summed E-state index contributed by atoms with van der Waals surface area (Å²) in [5, 5.41) is 3.35. The highest BCUT2D eigenvalue weighted by atomic mass is 16.5. The summed E-state index contributed by atoms with van der Waals surface area (Å²) in [6.07, 6.45) is 6.13. The molecule has 0 spiro atoms. The molecule has 4 nitrogen and oxygen atoms in total. The van der Waals surface area contributed by atoms with Crippen molar-refractivity contribution in [1.29, 1.82) is 0 Å². The number of hydrogen-bond acceptors (Lipinski definition) is 3. The van der Waals surface area contributed by atoms with E-state index in [0.29, 0.717) is 5.70 Å². The van der Waals surface area contributed by atoms with Gasteiger partial charge in [0.05, 0.1) is 12.6 Å². The zero-order valence-electron chi connectivity index (χ0n) is 20.4. The Balaban J connectivity index is 1.62. The molecular weight excluding hydrogens is 420 g/mol. The van der Waals surface area contributed by atoms with Gasteiger partial charge in [0.25, 0.3) is 5.91 Å². The molecule has 1 N–H and O–H groups in total. The first-order valence-electron chi connectivity index (χ1n) is 12.4. The number of amides is 1. The molecule has 34 heavy (non-hydrogen) atoms. The molecule has 3 aromatic rings. The number of aryl methyl sites for hydroxylation is 2. The largest absolute Gasteiger partial charge is 0.494 e. The monoisotopic (exact) mass is 454 g/mol. The number of carbonyl (C=O) groups excluding carboxylic acids is 1. The van der Waals surface area contributed by atoms with Crippen LogP contribution in [0.15, 0.2) is 84.6 Å². The number of rotatable bonds is 10. The van der Waals surface area contributed by atoms with E-state index in [2.05, 4.69) is 62.5 Å². The maximum absolute atomic E-state index is 13.6. The number of carbonyl (C=O) groups is 1. The van der Waals surface area contributed by atoms with Gasteiger partial charge in [0.1, 0.15) is 11.4 Å². The van der Waals surface area contributed by atoms with Crippen molar-refractivity contribution < 1.29 is 9.53 Å². The van der Waals surface area contributed by atoms with Gasteiger partial charge in [-0.3, -0.25) is 9.69 Å². The second kappa shape index (κ2) is 11.1. The third kappa shape index (κ3) is 5.33. The number of nitrogens with zero attached hydrogens (tertiary/aromatic N) is 1. The van der Waals surface area contributed by atoms with Crippen molar-refractivity contribution in [2.24, 2.45) is 0 Å². The van der Waals surface area contributed by atoms with Crippen LogP contribution in [-0.4, -0.2) is 12.5 Å². The van der Waals surface area contributed by atoms with E-state index in [1.165, 1.54) is 11.1 Å². The maximum Gasteiger partial charge on any atom is 0.275 e. The Labute approximate surface area is 203 Å². The van der Waals surface area contributed by atoms with Crippen molar-refractivity contribution in [3.8, 4) is 5.75 Å². The Kier molecular flexibility index (Phi) is 7.69. The Morgan fingerprint density at radius 3 is 2.03 bits per heavy atom. The lowest BCUT2D eigenvalue weighted by Gasteiger charge is -2.25. The predicted molar refractivity (Wildman–Crippen MR) is 140 cm³/mol. The summed E-state index contributed by atoms with van der Waals surface area (Å²) in [5.74, 6) is 0.829. The lowest BCUT2D eigenvalue weighted by Crippen LogP contribution is -2.30. The van der Waals surface area contributed by atoms with Gasteiger partial charge in [-0.15, -0.1) is 0 Å². The van der Waals surface area contributed by atoms with E-state index in [1.54, 1.807) is 0 Å². The van der Waals surface area contributed by atoms with Gasteiger partial charge in [-0.1, -0.05) is 63.6 Å². The summed E-state index contributed by atoms with van der Waals surface area (Å²) in [6.45, 7) is 7.15. The summed E-state index contributed by atoms with van der Waals surface area (Å²) in [4.78, 5) is 15.5. The van der Waals surface area contributed by atoms with E-state index >= 15 is 0 Å². The van der Waals surface area contributed by atoms with Gasteiger partial charge in [0, 0.05) is 11.4 Å². The van der Waals surface area contributed by atoms with Gasteiger partial charge in [-0.2, -0.15) is 0 Å². The third-order valence-electron chi connectivity index (χ3n) is 6.30. The lowest BCUT2D eigenvalue weighted by molar-refractivity contribution is -0.114. The van der Waals surface area contributed by atoms with Gasteiger partial charge in [0.15, 0.2) is 0 Å². The van der Waals surface area contributed by atoms with Gasteiger partial charge >= 0.3 is 0 Å². The highest BCUT2D eigenvalue weighted by molar-refractivity contribution is 6.11. The highest BCUT2D eigenvalue weighted by Crippen LogP contribution is 2.37. The summed E-state index contributed by atoms with van der Waals surface area (Å²) in [7, 11) is 0. The summed E-state index contributed by atoms with van der Waals surface area (Å²) in [6, 6.07) is 24.4. The zero-order valence-corrected chi connectivity index (χ0v) is 20.4. The molecule has 0 radical (unpaired) electrons. The Morgan fingerprint density at radius 1 is 0.824 bits per heavy atom. The van der Waals surface area contributed by atoms with E-state index < -0.39 is 0 Å². The average molecular weight is 455 g/mol. The number of nitrogens with one attached hydrogen (secondary N) is 1. The average Bonchev–Trinajstić information content (AvgIpc) is 3.20. The Bertz CT molecular complexity index is 1120. The van der Waals surface area contributed by atoms with Crippen LogP contribution in [0, 0.1) is 0 Å². The summed E-state index contributed by atoms with van der Waals surface area (Å²) in [5.41, 5.74) is 5.98. The number of benzene rings is 3. The quantitative estimate of drug-likeness (QED) is 0.333. The van der Waals surface area contributed by atoms with E-state index in [9.17, 15) is 4.79 Å². The van der Waals surface area contributed by atoms with Crippen LogP contribution in [0.5, 0.6) is 5.75 Å². The number of ether oxygens (including phenoxy) is 1. The Hall–Kier alpha value is -3.53. The van der Waals surface area contributed by atoms with Crippen LogP contribution in [0.1, 0.15) is 56.3 Å². The molecule has 1 aliphatic rings. The molecule has 1 heterocycles. The molecule has 0 aromatic heterocycles. The standard InChI is InChI=1S/C30H34N2O2/c1-4-7-20-34-27-18-12-24(13-19-27)29-21-28(31-25-14-8-22(5-2)9-15-25)30(33)32(29)26-16-10-23(6-3)11-17-26/h8-19,21,29,31H,4-7,20H2,1-3H3/t29-/m1/s1. The SMILES string of the molecule is CCCCOc1ccc([C@H]2C=C(Nc3ccc(CC)cc3)C(=O)N2c2ccc(CC)cc2)cc1. The van der Waals surface area contributed by atoms with Crippen molar-refractivity contribution in [3.63, 3.8) is 0 Å². The second-order valence-electron chi connectivity index (χ2n) is 8.67. The molecule has 4 rings (SSSR count). The molecule has 0 aliphatic carbocycles. The smallest absolute Gasteiger partial charge is 0.275 e. The fourth-order valence-electron chi connectivity index (χ4n) is 4.15. The topological polar surface area (TPSA) is 41.6 Å².